The van der Waals surface area contributed by atoms with Gasteiger partial charge in [0.1, 0.15) is 0 Å². The van der Waals surface area contributed by atoms with Gasteiger partial charge in [0, 0.05) is 17.9 Å². The molecule has 0 aromatic heterocycles. The summed E-state index contributed by atoms with van der Waals surface area (Å²) in [5, 5.41) is 0. The molecule has 1 unspecified atom stereocenters. The van der Waals surface area contributed by atoms with Crippen molar-refractivity contribution in [2.24, 2.45) is 5.92 Å². The second-order valence-corrected chi connectivity index (χ2v) is 8.34. The highest BCUT2D eigenvalue weighted by molar-refractivity contribution is 9.09. The number of hydrogen-bond donors (Lipinski definition) is 0. The van der Waals surface area contributed by atoms with Crippen molar-refractivity contribution in [3.63, 3.8) is 0 Å². The zero-order chi connectivity index (χ0) is 11.6. The van der Waals surface area contributed by atoms with Gasteiger partial charge in [-0.3, -0.25) is 0 Å². The number of halogens is 1. The summed E-state index contributed by atoms with van der Waals surface area (Å²) in [5.74, 6) is 0.792. The molecule has 0 aromatic rings. The Bertz CT molecular complexity index is 325. The Balaban J connectivity index is 1.91. The van der Waals surface area contributed by atoms with Gasteiger partial charge in [0.2, 0.25) is 10.0 Å². The average molecular weight is 310 g/mol. The molecule has 1 aliphatic heterocycles. The van der Waals surface area contributed by atoms with E-state index in [1.807, 2.05) is 0 Å². The lowest BCUT2D eigenvalue weighted by atomic mass is 9.91. The standard InChI is InChI=1S/C11H20BrNO2S/c12-11-6-7-13(8-11)16(14,15)9-10-4-2-1-3-5-10/h10-11H,1-9H2. The molecule has 0 amide bonds. The van der Waals surface area contributed by atoms with Crippen LogP contribution in [0.15, 0.2) is 0 Å². The van der Waals surface area contributed by atoms with Crippen LogP contribution < -0.4 is 0 Å². The van der Waals surface area contributed by atoms with Crippen molar-refractivity contribution in [2.45, 2.75) is 43.4 Å². The van der Waals surface area contributed by atoms with Crippen LogP contribution in [0.4, 0.5) is 0 Å². The normalized spacial score (nSPS) is 29.7. The maximum Gasteiger partial charge on any atom is 0.214 e. The van der Waals surface area contributed by atoms with Crippen molar-refractivity contribution in [3.05, 3.63) is 0 Å². The topological polar surface area (TPSA) is 37.4 Å². The van der Waals surface area contributed by atoms with Gasteiger partial charge in [-0.15, -0.1) is 0 Å². The molecule has 2 fully saturated rings. The monoisotopic (exact) mass is 309 g/mol. The van der Waals surface area contributed by atoms with E-state index in [1.54, 1.807) is 4.31 Å². The van der Waals surface area contributed by atoms with E-state index in [0.717, 1.165) is 19.3 Å². The van der Waals surface area contributed by atoms with E-state index in [2.05, 4.69) is 15.9 Å². The number of hydrogen-bond acceptors (Lipinski definition) is 2. The van der Waals surface area contributed by atoms with Gasteiger partial charge in [-0.2, -0.15) is 0 Å². The number of rotatable bonds is 3. The minimum absolute atomic E-state index is 0.355. The van der Waals surface area contributed by atoms with Crippen molar-refractivity contribution >= 4 is 26.0 Å². The predicted molar refractivity (Wildman–Crippen MR) is 69.3 cm³/mol. The molecule has 1 aliphatic carbocycles. The molecule has 5 heteroatoms. The Morgan fingerprint density at radius 3 is 2.38 bits per heavy atom. The minimum Gasteiger partial charge on any atom is -0.212 e. The van der Waals surface area contributed by atoms with E-state index in [9.17, 15) is 8.42 Å². The fourth-order valence-corrected chi connectivity index (χ4v) is 5.37. The fourth-order valence-electron chi connectivity index (χ4n) is 2.70. The molecule has 16 heavy (non-hydrogen) atoms. The van der Waals surface area contributed by atoms with Crippen LogP contribution in [0.1, 0.15) is 38.5 Å². The third-order valence-corrected chi connectivity index (χ3v) is 6.42. The molecule has 94 valence electrons. The molecule has 0 bridgehead atoms. The molecule has 1 saturated carbocycles. The fraction of sp³-hybridized carbons (Fsp3) is 1.00. The van der Waals surface area contributed by atoms with Gasteiger partial charge in [-0.05, 0) is 25.2 Å². The summed E-state index contributed by atoms with van der Waals surface area (Å²) < 4.78 is 26.0. The molecule has 0 radical (unpaired) electrons. The highest BCUT2D eigenvalue weighted by Gasteiger charge is 2.32. The minimum atomic E-state index is -2.99. The lowest BCUT2D eigenvalue weighted by Crippen LogP contribution is -2.34. The zero-order valence-electron chi connectivity index (χ0n) is 9.57. The molecule has 1 heterocycles. The molecule has 2 aliphatic rings. The average Bonchev–Trinajstić information content (AvgIpc) is 2.66. The Kier molecular flexibility index (Phi) is 4.30. The van der Waals surface area contributed by atoms with Crippen LogP contribution in [0.5, 0.6) is 0 Å². The second kappa shape index (κ2) is 5.36. The van der Waals surface area contributed by atoms with E-state index in [-0.39, 0.29) is 0 Å². The van der Waals surface area contributed by atoms with E-state index >= 15 is 0 Å². The summed E-state index contributed by atoms with van der Waals surface area (Å²) in [7, 11) is -2.99. The van der Waals surface area contributed by atoms with E-state index in [1.165, 1.54) is 19.3 Å². The van der Waals surface area contributed by atoms with E-state index < -0.39 is 10.0 Å². The Hall–Kier alpha value is 0.390. The number of alkyl halides is 1. The third kappa shape index (κ3) is 3.20. The van der Waals surface area contributed by atoms with Crippen LogP contribution in [0.2, 0.25) is 0 Å². The van der Waals surface area contributed by atoms with Gasteiger partial charge in [-0.1, -0.05) is 35.2 Å². The van der Waals surface area contributed by atoms with Gasteiger partial charge in [0.25, 0.3) is 0 Å². The molecule has 1 saturated heterocycles. The van der Waals surface area contributed by atoms with Crippen molar-refractivity contribution < 1.29 is 8.42 Å². The summed E-state index contributed by atoms with van der Waals surface area (Å²) in [6, 6.07) is 0. The predicted octanol–water partition coefficient (Wildman–Crippen LogP) is 2.37. The Morgan fingerprint density at radius 1 is 1.12 bits per heavy atom. The van der Waals surface area contributed by atoms with Crippen LogP contribution in [-0.4, -0.2) is 36.4 Å². The summed E-state index contributed by atoms with van der Waals surface area (Å²) in [6.45, 7) is 1.36. The van der Waals surface area contributed by atoms with Gasteiger partial charge in [0.05, 0.1) is 5.75 Å². The Labute approximate surface area is 107 Å². The smallest absolute Gasteiger partial charge is 0.212 e. The molecule has 3 nitrogen and oxygen atoms in total. The molecule has 0 spiro atoms. The van der Waals surface area contributed by atoms with Crippen molar-refractivity contribution in [2.75, 3.05) is 18.8 Å². The van der Waals surface area contributed by atoms with Gasteiger partial charge in [-0.25, -0.2) is 12.7 Å². The van der Waals surface area contributed by atoms with Crippen molar-refractivity contribution in [1.82, 2.24) is 4.31 Å². The first-order valence-corrected chi connectivity index (χ1v) is 8.72. The van der Waals surface area contributed by atoms with Gasteiger partial charge < -0.3 is 0 Å². The summed E-state index contributed by atoms with van der Waals surface area (Å²) >= 11 is 3.49. The van der Waals surface area contributed by atoms with Crippen LogP contribution in [0, 0.1) is 5.92 Å². The first-order valence-electron chi connectivity index (χ1n) is 6.20. The first kappa shape index (κ1) is 12.8. The number of nitrogens with zero attached hydrogens (tertiary/aromatic N) is 1. The van der Waals surface area contributed by atoms with Gasteiger partial charge in [0.15, 0.2) is 0 Å². The lowest BCUT2D eigenvalue weighted by molar-refractivity contribution is 0.376. The summed E-state index contributed by atoms with van der Waals surface area (Å²) in [5.41, 5.74) is 0. The summed E-state index contributed by atoms with van der Waals surface area (Å²) in [6.07, 6.45) is 6.85. The quantitative estimate of drug-likeness (QED) is 0.751. The highest BCUT2D eigenvalue weighted by Crippen LogP contribution is 2.27. The first-order chi connectivity index (χ1) is 7.58. The highest BCUT2D eigenvalue weighted by atomic mass is 79.9. The third-order valence-electron chi connectivity index (χ3n) is 3.66. The van der Waals surface area contributed by atoms with Gasteiger partial charge >= 0.3 is 0 Å². The van der Waals surface area contributed by atoms with Crippen molar-refractivity contribution in [3.8, 4) is 0 Å². The number of sulfonamides is 1. The van der Waals surface area contributed by atoms with Crippen LogP contribution in [-0.2, 0) is 10.0 Å². The molecular weight excluding hydrogens is 290 g/mol. The zero-order valence-corrected chi connectivity index (χ0v) is 12.0. The van der Waals surface area contributed by atoms with Crippen LogP contribution in [0.25, 0.3) is 0 Å². The maximum atomic E-state index is 12.2. The molecule has 1 atom stereocenters. The largest absolute Gasteiger partial charge is 0.214 e. The lowest BCUT2D eigenvalue weighted by Gasteiger charge is -2.24. The second-order valence-electron chi connectivity index (χ2n) is 5.03. The van der Waals surface area contributed by atoms with E-state index in [4.69, 9.17) is 0 Å². The summed E-state index contributed by atoms with van der Waals surface area (Å²) in [4.78, 5) is 0.355. The molecule has 2 rings (SSSR count). The Morgan fingerprint density at radius 2 is 1.81 bits per heavy atom. The van der Waals surface area contributed by atoms with Crippen LogP contribution in [0.3, 0.4) is 0 Å². The van der Waals surface area contributed by atoms with E-state index in [0.29, 0.717) is 29.6 Å². The SMILES string of the molecule is O=S(=O)(CC1CCCCC1)N1CCC(Br)C1. The van der Waals surface area contributed by atoms with Crippen molar-refractivity contribution in [1.29, 1.82) is 0 Å². The molecule has 0 N–H and O–H groups in total. The van der Waals surface area contributed by atoms with Crippen LogP contribution >= 0.6 is 15.9 Å². The molecular formula is C11H20BrNO2S. The maximum absolute atomic E-state index is 12.2. The molecule has 0 aromatic carbocycles.